The summed E-state index contributed by atoms with van der Waals surface area (Å²) in [6.45, 7) is 0. The topological polar surface area (TPSA) is 0 Å². The fraction of sp³-hybridized carbons (Fsp3) is 0.212. The third-order valence-electron chi connectivity index (χ3n) is 10.5. The van der Waals surface area contributed by atoms with Crippen molar-refractivity contribution in [1.82, 2.24) is 0 Å². The predicted molar refractivity (Wildman–Crippen MR) is 139 cm³/mol. The molecule has 7 aliphatic carbocycles. The molecule has 0 amide bonds. The van der Waals surface area contributed by atoms with E-state index in [0.29, 0.717) is 52.0 Å². The Balaban J connectivity index is 1.38. The number of hydrogen-bond acceptors (Lipinski definition) is 0. The summed E-state index contributed by atoms with van der Waals surface area (Å²) in [5.74, 6) is 1.80. The van der Waals surface area contributed by atoms with Crippen LogP contribution in [0.3, 0.4) is 0 Å². The zero-order valence-corrected chi connectivity index (χ0v) is 22.3. The van der Waals surface area contributed by atoms with Crippen molar-refractivity contribution in [2.75, 3.05) is 0 Å². The molecular formula is C33H20Se2. The molecule has 2 fully saturated rings. The molecule has 0 nitrogen and oxygen atoms in total. The fourth-order valence-electron chi connectivity index (χ4n) is 9.79. The average molecular weight is 574 g/mol. The van der Waals surface area contributed by atoms with Crippen molar-refractivity contribution in [3.05, 3.63) is 153 Å². The van der Waals surface area contributed by atoms with Crippen LogP contribution in [-0.4, -0.2) is 29.9 Å². The molecule has 2 aliphatic heterocycles. The van der Waals surface area contributed by atoms with Crippen LogP contribution in [0.15, 0.2) is 108 Å². The van der Waals surface area contributed by atoms with E-state index >= 15 is 0 Å². The Morgan fingerprint density at radius 3 is 1.69 bits per heavy atom. The summed E-state index contributed by atoms with van der Waals surface area (Å²) in [4.78, 5) is 0.822. The van der Waals surface area contributed by atoms with Gasteiger partial charge in [0.05, 0.1) is 0 Å². The molecule has 9 aliphatic rings. The molecule has 164 valence electrons. The van der Waals surface area contributed by atoms with Gasteiger partial charge in [-0.25, -0.2) is 0 Å². The van der Waals surface area contributed by atoms with E-state index in [1.54, 1.807) is 44.5 Å². The minimum atomic E-state index is 0.102. The summed E-state index contributed by atoms with van der Waals surface area (Å²) in [6.07, 6.45) is 0. The summed E-state index contributed by atoms with van der Waals surface area (Å²) in [5, 5.41) is 0. The van der Waals surface area contributed by atoms with Crippen molar-refractivity contribution < 1.29 is 0 Å². The summed E-state index contributed by atoms with van der Waals surface area (Å²) in [6, 6.07) is 38.7. The van der Waals surface area contributed by atoms with Crippen LogP contribution in [0.2, 0.25) is 9.13 Å². The normalized spacial score (nSPS) is 40.0. The second kappa shape index (κ2) is 5.20. The van der Waals surface area contributed by atoms with Crippen LogP contribution >= 0.6 is 0 Å². The molecule has 3 spiro atoms. The van der Waals surface area contributed by atoms with Crippen molar-refractivity contribution >= 4 is 29.9 Å². The van der Waals surface area contributed by atoms with Gasteiger partial charge < -0.3 is 0 Å². The minimum absolute atomic E-state index is 0.102. The first-order chi connectivity index (χ1) is 17.3. The maximum atomic E-state index is 2.54. The van der Waals surface area contributed by atoms with Gasteiger partial charge in [-0.3, -0.25) is 0 Å². The van der Waals surface area contributed by atoms with Gasteiger partial charge in [-0.2, -0.15) is 0 Å². The molecule has 35 heavy (non-hydrogen) atoms. The first-order valence-electron chi connectivity index (χ1n) is 12.8. The first kappa shape index (κ1) is 18.0. The molecule has 3 atom stereocenters. The molecule has 2 heteroatoms. The van der Waals surface area contributed by atoms with Crippen molar-refractivity contribution in [2.24, 2.45) is 5.92 Å². The van der Waals surface area contributed by atoms with E-state index in [9.17, 15) is 0 Å². The van der Waals surface area contributed by atoms with Crippen LogP contribution in [0, 0.1) is 5.92 Å². The summed E-state index contributed by atoms with van der Waals surface area (Å²) in [5.41, 5.74) is 17.2. The quantitative estimate of drug-likeness (QED) is 0.176. The third-order valence-corrected chi connectivity index (χ3v) is 18.3. The van der Waals surface area contributed by atoms with Crippen LogP contribution in [0.25, 0.3) is 0 Å². The molecule has 0 radical (unpaired) electrons. The van der Waals surface area contributed by atoms with E-state index < -0.39 is 0 Å². The molecule has 0 N–H and O–H groups in total. The van der Waals surface area contributed by atoms with Gasteiger partial charge in [-0.1, -0.05) is 0 Å². The van der Waals surface area contributed by atoms with Crippen LogP contribution in [-0.2, 0) is 8.63 Å². The molecule has 0 saturated carbocycles. The van der Waals surface area contributed by atoms with Crippen molar-refractivity contribution in [2.45, 2.75) is 29.6 Å². The average Bonchev–Trinajstić information content (AvgIpc) is 3.39. The molecule has 0 aromatic heterocycles. The van der Waals surface area contributed by atoms with E-state index in [1.165, 1.54) is 0 Å². The molecule has 4 bridgehead atoms. The predicted octanol–water partition coefficient (Wildman–Crippen LogP) is 6.10. The SMILES string of the molecule is c1ccc2c(c1)C1C3=C4C5C6([Se]C42c2ccccc21)c1ccccc1C(c1ccccc16)C51[Se]C31. The van der Waals surface area contributed by atoms with Gasteiger partial charge in [0.1, 0.15) is 0 Å². The molecule has 2 heterocycles. The monoisotopic (exact) mass is 576 g/mol. The van der Waals surface area contributed by atoms with E-state index in [-0.39, 0.29) is 8.63 Å². The molecule has 4 aromatic carbocycles. The Hall–Kier alpha value is -2.34. The Morgan fingerprint density at radius 2 is 1.09 bits per heavy atom. The van der Waals surface area contributed by atoms with Crippen LogP contribution in [0.4, 0.5) is 0 Å². The number of allylic oxidation sites excluding steroid dienone is 2. The van der Waals surface area contributed by atoms with Gasteiger partial charge in [0.25, 0.3) is 0 Å². The van der Waals surface area contributed by atoms with E-state index in [4.69, 9.17) is 0 Å². The fourth-order valence-corrected chi connectivity index (χ4v) is 19.4. The van der Waals surface area contributed by atoms with Gasteiger partial charge >= 0.3 is 218 Å². The van der Waals surface area contributed by atoms with Crippen LogP contribution < -0.4 is 0 Å². The number of benzene rings is 4. The van der Waals surface area contributed by atoms with Gasteiger partial charge in [-0.05, 0) is 0 Å². The molecule has 2 saturated heterocycles. The summed E-state index contributed by atoms with van der Waals surface area (Å²) >= 11 is 1.05. The Kier molecular flexibility index (Phi) is 2.67. The molecular weight excluding hydrogens is 554 g/mol. The van der Waals surface area contributed by atoms with Crippen LogP contribution in [0.1, 0.15) is 56.3 Å². The van der Waals surface area contributed by atoms with Gasteiger partial charge in [0.15, 0.2) is 0 Å². The third kappa shape index (κ3) is 1.49. The first-order valence-corrected chi connectivity index (χ1v) is 16.4. The number of rotatable bonds is 0. The van der Waals surface area contributed by atoms with Gasteiger partial charge in [-0.15, -0.1) is 0 Å². The van der Waals surface area contributed by atoms with E-state index in [1.807, 2.05) is 11.1 Å². The second-order valence-corrected chi connectivity index (χ2v) is 17.4. The standard InChI is InChI=1S/C33H20Se2/c1-5-13-21-17(9-1)25-18-10-2-6-14-22(18)31(21)28-26(25)30-33(34-30)27-19-11-3-7-15-23(19)32(35-31,29(28)33)24-16-8-4-12-20(24)27/h1-16,25,27,29-30H. The number of hydrogen-bond donors (Lipinski definition) is 0. The zero-order chi connectivity index (χ0) is 22.3. The summed E-state index contributed by atoms with van der Waals surface area (Å²) in [7, 11) is 0. The molecule has 13 rings (SSSR count). The summed E-state index contributed by atoms with van der Waals surface area (Å²) < 4.78 is 0.749. The van der Waals surface area contributed by atoms with Crippen LogP contribution in [0.5, 0.6) is 0 Å². The Labute approximate surface area is 217 Å². The van der Waals surface area contributed by atoms with Crippen molar-refractivity contribution in [1.29, 1.82) is 0 Å². The maximum absolute atomic E-state index is 2.54. The Morgan fingerprint density at radius 1 is 0.571 bits per heavy atom. The molecule has 4 aromatic rings. The van der Waals surface area contributed by atoms with E-state index in [2.05, 4.69) is 97.1 Å². The Bertz CT molecular complexity index is 1670. The van der Waals surface area contributed by atoms with Gasteiger partial charge in [0.2, 0.25) is 0 Å². The van der Waals surface area contributed by atoms with Crippen molar-refractivity contribution in [3.63, 3.8) is 0 Å². The second-order valence-electron chi connectivity index (χ2n) is 11.4. The molecule has 3 unspecified atom stereocenters. The van der Waals surface area contributed by atoms with Gasteiger partial charge in [0, 0.05) is 0 Å². The van der Waals surface area contributed by atoms with E-state index in [0.717, 1.165) is 4.82 Å². The zero-order valence-electron chi connectivity index (χ0n) is 18.9. The van der Waals surface area contributed by atoms with Crippen molar-refractivity contribution in [3.8, 4) is 0 Å².